The third-order valence-corrected chi connectivity index (χ3v) is 3.28. The van der Waals surface area contributed by atoms with Crippen LogP contribution < -0.4 is 5.73 Å². The van der Waals surface area contributed by atoms with Gasteiger partial charge in [0.2, 0.25) is 0 Å². The molecule has 2 heterocycles. The summed E-state index contributed by atoms with van der Waals surface area (Å²) >= 11 is 0. The normalized spacial score (nSPS) is 20.8. The number of amides is 1. The van der Waals surface area contributed by atoms with Crippen LogP contribution in [-0.4, -0.2) is 23.0 Å². The number of nitrogens with one attached hydrogen (secondary N) is 1. The van der Waals surface area contributed by atoms with Crippen molar-refractivity contribution >= 4 is 22.8 Å². The van der Waals surface area contributed by atoms with Gasteiger partial charge < -0.3 is 15.5 Å². The highest BCUT2D eigenvalue weighted by Gasteiger charge is 2.34. The fourth-order valence-electron chi connectivity index (χ4n) is 2.33. The highest BCUT2D eigenvalue weighted by atomic mass is 16.5. The molecule has 1 aliphatic rings. The molecule has 5 nitrogen and oxygen atoms in total. The number of aromatic amines is 1. The zero-order valence-corrected chi connectivity index (χ0v) is 9.88. The van der Waals surface area contributed by atoms with Crippen LogP contribution in [0.3, 0.4) is 0 Å². The van der Waals surface area contributed by atoms with Gasteiger partial charge >= 0.3 is 0 Å². The summed E-state index contributed by atoms with van der Waals surface area (Å²) in [6, 6.07) is 7.89. The summed E-state index contributed by atoms with van der Waals surface area (Å²) in [4.78, 5) is 18.4. The molecule has 1 aromatic carbocycles. The maximum absolute atomic E-state index is 11.7. The van der Waals surface area contributed by atoms with Gasteiger partial charge in [-0.2, -0.15) is 4.99 Å². The number of ether oxygens (including phenoxy) is 1. The molecule has 18 heavy (non-hydrogen) atoms. The second-order valence-electron chi connectivity index (χ2n) is 4.41. The molecule has 2 atom stereocenters. The Balaban J connectivity index is 1.98. The van der Waals surface area contributed by atoms with E-state index in [2.05, 4.69) is 9.98 Å². The Morgan fingerprint density at radius 2 is 2.22 bits per heavy atom. The Kier molecular flexibility index (Phi) is 2.33. The van der Waals surface area contributed by atoms with Crippen LogP contribution in [0, 0.1) is 0 Å². The van der Waals surface area contributed by atoms with E-state index in [0.717, 1.165) is 16.5 Å². The fourth-order valence-corrected chi connectivity index (χ4v) is 2.33. The van der Waals surface area contributed by atoms with Crippen molar-refractivity contribution in [1.29, 1.82) is 0 Å². The first-order valence-electron chi connectivity index (χ1n) is 5.77. The third kappa shape index (κ3) is 1.55. The number of H-pyrrole nitrogens is 1. The van der Waals surface area contributed by atoms with Crippen LogP contribution in [-0.2, 0) is 9.53 Å². The van der Waals surface area contributed by atoms with E-state index < -0.39 is 6.10 Å². The Bertz CT molecular complexity index is 644. The van der Waals surface area contributed by atoms with Gasteiger partial charge in [-0.1, -0.05) is 25.1 Å². The number of aromatic nitrogens is 1. The Morgan fingerprint density at radius 3 is 2.94 bits per heavy atom. The van der Waals surface area contributed by atoms with Crippen LogP contribution in [0.5, 0.6) is 0 Å². The van der Waals surface area contributed by atoms with Crippen molar-refractivity contribution in [2.24, 2.45) is 10.7 Å². The predicted octanol–water partition coefficient (Wildman–Crippen LogP) is 1.51. The van der Waals surface area contributed by atoms with Crippen LogP contribution in [0.4, 0.5) is 0 Å². The van der Waals surface area contributed by atoms with Crippen LogP contribution in [0.2, 0.25) is 0 Å². The average Bonchev–Trinajstić information content (AvgIpc) is 2.92. The molecule has 0 unspecified atom stereocenters. The monoisotopic (exact) mass is 243 g/mol. The first-order valence-corrected chi connectivity index (χ1v) is 5.77. The minimum absolute atomic E-state index is 0.0447. The molecule has 1 aromatic heterocycles. The quantitative estimate of drug-likeness (QED) is 0.839. The third-order valence-electron chi connectivity index (χ3n) is 3.28. The van der Waals surface area contributed by atoms with E-state index in [1.54, 1.807) is 0 Å². The van der Waals surface area contributed by atoms with Crippen molar-refractivity contribution in [3.8, 4) is 0 Å². The van der Waals surface area contributed by atoms with Gasteiger partial charge in [0.1, 0.15) is 0 Å². The van der Waals surface area contributed by atoms with Crippen LogP contribution in [0.15, 0.2) is 35.5 Å². The highest BCUT2D eigenvalue weighted by Crippen LogP contribution is 2.30. The number of benzene rings is 1. The zero-order chi connectivity index (χ0) is 12.7. The summed E-state index contributed by atoms with van der Waals surface area (Å²) < 4.78 is 5.27. The Morgan fingerprint density at radius 1 is 1.44 bits per heavy atom. The van der Waals surface area contributed by atoms with Gasteiger partial charge in [0.05, 0.1) is 0 Å². The standard InChI is InChI=1S/C13H13N3O2/c1-7(11-12(17)16-13(14)18-11)9-6-15-10-5-3-2-4-8(9)10/h2-7,11,15H,1H3,(H2,14,16,17)/t7-,11+/m1/s1. The summed E-state index contributed by atoms with van der Waals surface area (Å²) in [5, 5.41) is 1.09. The number of nitrogens with zero attached hydrogens (tertiary/aromatic N) is 1. The van der Waals surface area contributed by atoms with Crippen LogP contribution in [0.25, 0.3) is 10.9 Å². The lowest BCUT2D eigenvalue weighted by Crippen LogP contribution is -2.26. The summed E-state index contributed by atoms with van der Waals surface area (Å²) in [5.74, 6) is -0.413. The van der Waals surface area contributed by atoms with E-state index in [-0.39, 0.29) is 17.8 Å². The van der Waals surface area contributed by atoms with Crippen LogP contribution >= 0.6 is 0 Å². The van der Waals surface area contributed by atoms with Crippen molar-refractivity contribution in [3.05, 3.63) is 36.0 Å². The molecule has 3 N–H and O–H groups in total. The summed E-state index contributed by atoms with van der Waals surface area (Å²) in [7, 11) is 0. The zero-order valence-electron chi connectivity index (χ0n) is 9.88. The Labute approximate surface area is 104 Å². The summed E-state index contributed by atoms with van der Waals surface area (Å²) in [6.45, 7) is 1.94. The summed E-state index contributed by atoms with van der Waals surface area (Å²) in [5.41, 5.74) is 7.49. The summed E-state index contributed by atoms with van der Waals surface area (Å²) in [6.07, 6.45) is 1.28. The molecule has 0 radical (unpaired) electrons. The highest BCUT2D eigenvalue weighted by molar-refractivity contribution is 5.99. The number of aliphatic imine (C=N–C) groups is 1. The number of hydrogen-bond donors (Lipinski definition) is 2. The van der Waals surface area contributed by atoms with E-state index in [9.17, 15) is 4.79 Å². The van der Waals surface area contributed by atoms with Gasteiger partial charge in [-0.3, -0.25) is 4.79 Å². The molecule has 5 heteroatoms. The van der Waals surface area contributed by atoms with Gasteiger partial charge in [0, 0.05) is 23.0 Å². The van der Waals surface area contributed by atoms with Crippen molar-refractivity contribution in [1.82, 2.24) is 4.98 Å². The van der Waals surface area contributed by atoms with Gasteiger partial charge in [0.25, 0.3) is 11.9 Å². The number of para-hydroxylation sites is 1. The smallest absolute Gasteiger partial charge is 0.291 e. The predicted molar refractivity (Wildman–Crippen MR) is 68.2 cm³/mol. The minimum Gasteiger partial charge on any atom is -0.451 e. The Hall–Kier alpha value is -2.30. The largest absolute Gasteiger partial charge is 0.451 e. The molecule has 2 aromatic rings. The molecular formula is C13H13N3O2. The van der Waals surface area contributed by atoms with Crippen molar-refractivity contribution in [2.45, 2.75) is 18.9 Å². The number of fused-ring (bicyclic) bond motifs is 1. The molecule has 0 saturated heterocycles. The van der Waals surface area contributed by atoms with E-state index in [4.69, 9.17) is 10.5 Å². The second-order valence-corrected chi connectivity index (χ2v) is 4.41. The van der Waals surface area contributed by atoms with Crippen molar-refractivity contribution in [3.63, 3.8) is 0 Å². The molecule has 3 rings (SSSR count). The number of nitrogens with two attached hydrogens (primary N) is 1. The van der Waals surface area contributed by atoms with Gasteiger partial charge in [-0.05, 0) is 11.6 Å². The molecule has 0 aliphatic carbocycles. The van der Waals surface area contributed by atoms with E-state index in [0.29, 0.717) is 0 Å². The molecule has 0 bridgehead atoms. The molecule has 92 valence electrons. The van der Waals surface area contributed by atoms with Gasteiger partial charge in [-0.25, -0.2) is 0 Å². The van der Waals surface area contributed by atoms with Crippen molar-refractivity contribution in [2.75, 3.05) is 0 Å². The lowest BCUT2D eigenvalue weighted by atomic mass is 9.94. The lowest BCUT2D eigenvalue weighted by Gasteiger charge is -2.16. The van der Waals surface area contributed by atoms with E-state index in [1.807, 2.05) is 37.4 Å². The van der Waals surface area contributed by atoms with Gasteiger partial charge in [0.15, 0.2) is 6.10 Å². The number of hydrogen-bond acceptors (Lipinski definition) is 3. The number of rotatable bonds is 2. The second kappa shape index (κ2) is 3.87. The minimum atomic E-state index is -0.621. The number of amidine groups is 1. The maximum Gasteiger partial charge on any atom is 0.291 e. The number of carbonyl (C=O) groups excluding carboxylic acids is 1. The molecule has 0 spiro atoms. The van der Waals surface area contributed by atoms with E-state index in [1.165, 1.54) is 0 Å². The topological polar surface area (TPSA) is 80.5 Å². The molecular weight excluding hydrogens is 230 g/mol. The SMILES string of the molecule is C[C@H](c1c[nH]c2ccccc12)[C@@H]1OC(N)=NC1=O. The van der Waals surface area contributed by atoms with Crippen molar-refractivity contribution < 1.29 is 9.53 Å². The fraction of sp³-hybridized carbons (Fsp3) is 0.231. The average molecular weight is 243 g/mol. The van der Waals surface area contributed by atoms with Crippen LogP contribution in [0.1, 0.15) is 18.4 Å². The molecule has 0 fully saturated rings. The first kappa shape index (κ1) is 10.8. The number of carbonyl (C=O) groups is 1. The maximum atomic E-state index is 11.7. The molecule has 1 amide bonds. The lowest BCUT2D eigenvalue weighted by molar-refractivity contribution is -0.123. The molecule has 1 aliphatic heterocycles. The van der Waals surface area contributed by atoms with Gasteiger partial charge in [-0.15, -0.1) is 0 Å². The van der Waals surface area contributed by atoms with E-state index >= 15 is 0 Å². The first-order chi connectivity index (χ1) is 8.66. The molecule has 0 saturated carbocycles.